The molecule has 1 aromatic rings. The van der Waals surface area contributed by atoms with Crippen molar-refractivity contribution in [2.24, 2.45) is 5.73 Å². The molecule has 0 unspecified atom stereocenters. The van der Waals surface area contributed by atoms with Gasteiger partial charge in [0.2, 0.25) is 5.76 Å². The highest BCUT2D eigenvalue weighted by Crippen LogP contribution is 2.19. The molecule has 0 fully saturated rings. The number of amides is 1. The van der Waals surface area contributed by atoms with Crippen molar-refractivity contribution in [3.63, 3.8) is 0 Å². The molecule has 0 saturated heterocycles. The van der Waals surface area contributed by atoms with Gasteiger partial charge in [0.1, 0.15) is 0 Å². The van der Waals surface area contributed by atoms with Crippen LogP contribution in [0.4, 0.5) is 13.2 Å². The first-order valence-corrected chi connectivity index (χ1v) is 3.35. The van der Waals surface area contributed by atoms with Gasteiger partial charge in [0.05, 0.1) is 6.20 Å². The Morgan fingerprint density at radius 2 is 2.07 bits per heavy atom. The zero-order valence-corrected chi connectivity index (χ0v) is 6.87. The minimum atomic E-state index is -5.17. The minimum absolute atomic E-state index is 0.514. The van der Waals surface area contributed by atoms with Crippen molar-refractivity contribution < 1.29 is 31.9 Å². The van der Waals surface area contributed by atoms with Gasteiger partial charge in [0.25, 0.3) is 5.91 Å². The monoisotopic (exact) mass is 224 g/mol. The van der Waals surface area contributed by atoms with E-state index in [1.54, 1.807) is 0 Å². The number of nitrogens with two attached hydrogens (primary N) is 1. The summed E-state index contributed by atoms with van der Waals surface area (Å²) in [5, 5.41) is 0. The number of alkyl halides is 3. The Morgan fingerprint density at radius 1 is 1.47 bits per heavy atom. The van der Waals surface area contributed by atoms with Crippen LogP contribution >= 0.6 is 0 Å². The number of carbonyl (C=O) groups is 2. The third-order valence-electron chi connectivity index (χ3n) is 1.14. The summed E-state index contributed by atoms with van der Waals surface area (Å²) < 4.78 is 42.9. The van der Waals surface area contributed by atoms with Gasteiger partial charge in [-0.25, -0.2) is 4.79 Å². The van der Waals surface area contributed by atoms with E-state index in [0.717, 1.165) is 6.20 Å². The van der Waals surface area contributed by atoms with Gasteiger partial charge in [-0.2, -0.15) is 18.2 Å². The highest BCUT2D eigenvalue weighted by atomic mass is 19.4. The van der Waals surface area contributed by atoms with Crippen molar-refractivity contribution in [2.75, 3.05) is 0 Å². The minimum Gasteiger partial charge on any atom is -0.403 e. The number of aromatic nitrogens is 1. The SMILES string of the molecule is NC(=O)c1cnc(OC(=O)C(F)(F)F)o1. The fraction of sp³-hybridized carbons (Fsp3) is 0.167. The van der Waals surface area contributed by atoms with Crippen molar-refractivity contribution >= 4 is 11.9 Å². The predicted molar refractivity (Wildman–Crippen MR) is 36.7 cm³/mol. The Morgan fingerprint density at radius 3 is 2.47 bits per heavy atom. The van der Waals surface area contributed by atoms with E-state index in [2.05, 4.69) is 14.1 Å². The van der Waals surface area contributed by atoms with Crippen molar-refractivity contribution in [1.29, 1.82) is 0 Å². The molecule has 0 saturated carbocycles. The second-order valence-corrected chi connectivity index (χ2v) is 2.24. The van der Waals surface area contributed by atoms with Gasteiger partial charge in [-0.3, -0.25) is 4.79 Å². The van der Waals surface area contributed by atoms with Crippen molar-refractivity contribution in [2.45, 2.75) is 6.18 Å². The fourth-order valence-corrected chi connectivity index (χ4v) is 0.556. The number of primary amides is 1. The Hall–Kier alpha value is -2.06. The first-order chi connectivity index (χ1) is 6.80. The summed E-state index contributed by atoms with van der Waals surface area (Å²) in [6.07, 6.45) is -5.42. The summed E-state index contributed by atoms with van der Waals surface area (Å²) >= 11 is 0. The average Bonchev–Trinajstić information content (AvgIpc) is 2.50. The van der Waals surface area contributed by atoms with E-state index >= 15 is 0 Å². The Kier molecular flexibility index (Phi) is 2.64. The van der Waals surface area contributed by atoms with Crippen molar-refractivity contribution in [3.8, 4) is 6.08 Å². The number of hydrogen-bond donors (Lipinski definition) is 1. The Labute approximate surface area is 79.8 Å². The summed E-state index contributed by atoms with van der Waals surface area (Å²) in [5.74, 6) is -4.06. The molecule has 9 heteroatoms. The lowest BCUT2D eigenvalue weighted by Gasteiger charge is -2.01. The van der Waals surface area contributed by atoms with Crippen LogP contribution in [0.15, 0.2) is 10.6 Å². The number of carbonyl (C=O) groups excluding carboxylic acids is 2. The molecule has 0 aliphatic heterocycles. The summed E-state index contributed by atoms with van der Waals surface area (Å²) in [4.78, 5) is 23.8. The first-order valence-electron chi connectivity index (χ1n) is 3.35. The van der Waals surface area contributed by atoms with Crippen molar-refractivity contribution in [1.82, 2.24) is 4.98 Å². The van der Waals surface area contributed by atoms with Crippen LogP contribution < -0.4 is 10.5 Å². The standard InChI is InChI=1S/C6H3F3N2O4/c7-6(8,9)4(13)15-5-11-1-2(14-5)3(10)12/h1H,(H2,10,12). The van der Waals surface area contributed by atoms with Crippen LogP contribution in [0.25, 0.3) is 0 Å². The maximum absolute atomic E-state index is 11.7. The van der Waals surface area contributed by atoms with Gasteiger partial charge in [-0.05, 0) is 0 Å². The smallest absolute Gasteiger partial charge is 0.403 e. The second-order valence-electron chi connectivity index (χ2n) is 2.24. The topological polar surface area (TPSA) is 95.4 Å². The molecule has 0 bridgehead atoms. The molecular weight excluding hydrogens is 221 g/mol. The second kappa shape index (κ2) is 3.59. The van der Waals surface area contributed by atoms with Crippen LogP contribution in [0, 0.1) is 0 Å². The van der Waals surface area contributed by atoms with Gasteiger partial charge in [-0.15, -0.1) is 0 Å². The van der Waals surface area contributed by atoms with E-state index in [1.807, 2.05) is 0 Å². The number of halogens is 3. The van der Waals surface area contributed by atoms with Crippen LogP contribution in [0.2, 0.25) is 0 Å². The molecule has 0 aliphatic carbocycles. The molecule has 15 heavy (non-hydrogen) atoms. The highest BCUT2D eigenvalue weighted by Gasteiger charge is 2.42. The zero-order chi connectivity index (χ0) is 11.6. The van der Waals surface area contributed by atoms with Gasteiger partial charge in [-0.1, -0.05) is 0 Å². The molecule has 1 aromatic heterocycles. The van der Waals surface area contributed by atoms with Crippen LogP contribution in [-0.2, 0) is 4.79 Å². The summed E-state index contributed by atoms with van der Waals surface area (Å²) in [6.45, 7) is 0. The lowest BCUT2D eigenvalue weighted by Crippen LogP contribution is -2.28. The van der Waals surface area contributed by atoms with Gasteiger partial charge >= 0.3 is 18.2 Å². The number of oxazole rings is 1. The maximum atomic E-state index is 11.7. The number of ether oxygens (including phenoxy) is 1. The zero-order valence-electron chi connectivity index (χ0n) is 6.87. The van der Waals surface area contributed by atoms with Crippen molar-refractivity contribution in [3.05, 3.63) is 12.0 Å². The molecule has 82 valence electrons. The Bertz CT molecular complexity index is 397. The quantitative estimate of drug-likeness (QED) is 0.726. The van der Waals surface area contributed by atoms with Gasteiger partial charge in [0.15, 0.2) is 0 Å². The first kappa shape index (κ1) is 11.0. The van der Waals surface area contributed by atoms with E-state index in [0.29, 0.717) is 0 Å². The molecule has 6 nitrogen and oxygen atoms in total. The number of nitrogens with zero attached hydrogens (tertiary/aromatic N) is 1. The van der Waals surface area contributed by atoms with E-state index in [4.69, 9.17) is 5.73 Å². The Balaban J connectivity index is 2.74. The summed E-state index contributed by atoms with van der Waals surface area (Å²) in [5.41, 5.74) is 4.71. The average molecular weight is 224 g/mol. The number of esters is 1. The molecule has 0 radical (unpaired) electrons. The van der Waals surface area contributed by atoms with E-state index in [9.17, 15) is 22.8 Å². The lowest BCUT2D eigenvalue weighted by atomic mass is 10.5. The molecule has 0 atom stereocenters. The predicted octanol–water partition coefficient (Wildman–Crippen LogP) is 0.241. The normalized spacial score (nSPS) is 11.1. The van der Waals surface area contributed by atoms with Crippen LogP contribution in [0.5, 0.6) is 6.08 Å². The molecule has 1 amide bonds. The van der Waals surface area contributed by atoms with Gasteiger partial charge in [0, 0.05) is 0 Å². The van der Waals surface area contributed by atoms with E-state index in [1.165, 1.54) is 0 Å². The summed E-state index contributed by atoms with van der Waals surface area (Å²) in [7, 11) is 0. The van der Waals surface area contributed by atoms with E-state index < -0.39 is 29.9 Å². The molecule has 0 aliphatic rings. The maximum Gasteiger partial charge on any atom is 0.491 e. The van der Waals surface area contributed by atoms with Crippen LogP contribution in [0.3, 0.4) is 0 Å². The lowest BCUT2D eigenvalue weighted by molar-refractivity contribution is -0.191. The largest absolute Gasteiger partial charge is 0.491 e. The number of hydrogen-bond acceptors (Lipinski definition) is 5. The molecule has 0 aromatic carbocycles. The third-order valence-corrected chi connectivity index (χ3v) is 1.14. The molecular formula is C6H3F3N2O4. The van der Waals surface area contributed by atoms with E-state index in [-0.39, 0.29) is 0 Å². The van der Waals surface area contributed by atoms with Gasteiger partial charge < -0.3 is 14.9 Å². The third kappa shape index (κ3) is 2.69. The molecule has 1 rings (SSSR count). The molecule has 0 spiro atoms. The molecule has 1 heterocycles. The summed E-state index contributed by atoms with van der Waals surface area (Å²) in [6, 6.07) is 0. The molecule has 2 N–H and O–H groups in total. The number of rotatable bonds is 2. The van der Waals surface area contributed by atoms with Crippen LogP contribution in [0.1, 0.15) is 10.6 Å². The fourth-order valence-electron chi connectivity index (χ4n) is 0.556. The highest BCUT2D eigenvalue weighted by molar-refractivity contribution is 5.89. The van der Waals surface area contributed by atoms with Crippen LogP contribution in [-0.4, -0.2) is 23.0 Å².